The lowest BCUT2D eigenvalue weighted by atomic mass is 10.0. The Kier molecular flexibility index (Phi) is 7.13. The second kappa shape index (κ2) is 7.92. The summed E-state index contributed by atoms with van der Waals surface area (Å²) < 4.78 is 28.5. The van der Waals surface area contributed by atoms with Crippen LogP contribution >= 0.6 is 27.5 Å². The van der Waals surface area contributed by atoms with E-state index in [9.17, 15) is 8.42 Å². The van der Waals surface area contributed by atoms with E-state index >= 15 is 0 Å². The maximum atomic E-state index is 12.5. The van der Waals surface area contributed by atoms with E-state index in [2.05, 4.69) is 34.5 Å². The minimum Gasteiger partial charge on any atom is -0.308 e. The van der Waals surface area contributed by atoms with Gasteiger partial charge < -0.3 is 4.90 Å². The van der Waals surface area contributed by atoms with Gasteiger partial charge >= 0.3 is 0 Å². The zero-order chi connectivity index (χ0) is 16.2. The molecule has 1 rings (SSSR count). The van der Waals surface area contributed by atoms with Crippen molar-refractivity contribution in [2.45, 2.75) is 31.2 Å². The Hall–Kier alpha value is -0.140. The van der Waals surface area contributed by atoms with E-state index in [4.69, 9.17) is 11.6 Å². The molecule has 0 aliphatic rings. The van der Waals surface area contributed by atoms with Crippen molar-refractivity contribution in [1.82, 2.24) is 9.62 Å². The number of hydrogen-bond acceptors (Lipinski definition) is 3. The van der Waals surface area contributed by atoms with Crippen LogP contribution in [-0.4, -0.2) is 40.0 Å². The minimum atomic E-state index is -3.63. The van der Waals surface area contributed by atoms with Crippen LogP contribution in [-0.2, 0) is 10.0 Å². The summed E-state index contributed by atoms with van der Waals surface area (Å²) in [6.45, 7) is 4.79. The highest BCUT2D eigenvalue weighted by Crippen LogP contribution is 2.25. The smallest absolute Gasteiger partial charge is 0.242 e. The zero-order valence-electron chi connectivity index (χ0n) is 12.7. The Morgan fingerprint density at radius 1 is 1.33 bits per heavy atom. The highest BCUT2D eigenvalue weighted by atomic mass is 79.9. The lowest BCUT2D eigenvalue weighted by Crippen LogP contribution is -2.42. The highest BCUT2D eigenvalue weighted by molar-refractivity contribution is 9.10. The molecule has 4 nitrogen and oxygen atoms in total. The van der Waals surface area contributed by atoms with Gasteiger partial charge in [0, 0.05) is 17.1 Å². The number of sulfonamides is 1. The van der Waals surface area contributed by atoms with Crippen molar-refractivity contribution in [2.24, 2.45) is 5.92 Å². The normalized spacial score (nSPS) is 13.9. The van der Waals surface area contributed by atoms with E-state index < -0.39 is 10.0 Å². The molecule has 21 heavy (non-hydrogen) atoms. The lowest BCUT2D eigenvalue weighted by Gasteiger charge is -2.24. The third-order valence-electron chi connectivity index (χ3n) is 2.85. The molecular formula is C14H22BrClN2O2S. The van der Waals surface area contributed by atoms with E-state index in [-0.39, 0.29) is 16.0 Å². The van der Waals surface area contributed by atoms with Crippen molar-refractivity contribution < 1.29 is 8.42 Å². The Bertz CT molecular complexity index is 566. The number of halogens is 2. The summed E-state index contributed by atoms with van der Waals surface area (Å²) in [6, 6.07) is 4.62. The molecule has 0 fully saturated rings. The molecule has 0 aliphatic heterocycles. The predicted molar refractivity (Wildman–Crippen MR) is 91.3 cm³/mol. The summed E-state index contributed by atoms with van der Waals surface area (Å²) in [5.41, 5.74) is 0. The first kappa shape index (κ1) is 18.9. The van der Waals surface area contributed by atoms with Gasteiger partial charge in [-0.25, -0.2) is 13.1 Å². The molecule has 0 saturated carbocycles. The van der Waals surface area contributed by atoms with Crippen molar-refractivity contribution in [3.63, 3.8) is 0 Å². The predicted octanol–water partition coefficient (Wildman–Crippen LogP) is 3.36. The third kappa shape index (κ3) is 6.24. The quantitative estimate of drug-likeness (QED) is 0.767. The van der Waals surface area contributed by atoms with E-state index in [0.29, 0.717) is 12.5 Å². The fourth-order valence-corrected chi connectivity index (χ4v) is 4.42. The number of nitrogens with one attached hydrogen (secondary N) is 1. The average molecular weight is 398 g/mol. The molecule has 1 N–H and O–H groups in total. The average Bonchev–Trinajstić information content (AvgIpc) is 2.24. The van der Waals surface area contributed by atoms with Crippen LogP contribution in [0.15, 0.2) is 27.6 Å². The van der Waals surface area contributed by atoms with Gasteiger partial charge in [-0.15, -0.1) is 0 Å². The molecule has 1 atom stereocenters. The summed E-state index contributed by atoms with van der Waals surface area (Å²) in [5.74, 6) is 0.401. The molecule has 0 bridgehead atoms. The minimum absolute atomic E-state index is 0.111. The molecule has 1 aromatic rings. The highest BCUT2D eigenvalue weighted by Gasteiger charge is 2.23. The zero-order valence-corrected chi connectivity index (χ0v) is 15.9. The molecule has 120 valence electrons. The van der Waals surface area contributed by atoms with Gasteiger partial charge in [-0.1, -0.05) is 41.4 Å². The SMILES string of the molecule is CC(C)CC(CN(C)C)NS(=O)(=O)c1ccc(Br)cc1Cl. The first-order valence-electron chi connectivity index (χ1n) is 6.74. The Balaban J connectivity index is 2.99. The van der Waals surface area contributed by atoms with Gasteiger partial charge in [0.05, 0.1) is 5.02 Å². The topological polar surface area (TPSA) is 49.4 Å². The van der Waals surface area contributed by atoms with Crippen LogP contribution in [0.1, 0.15) is 20.3 Å². The van der Waals surface area contributed by atoms with Gasteiger partial charge in [0.25, 0.3) is 0 Å². The standard InChI is InChI=1S/C14H22BrClN2O2S/c1-10(2)7-12(9-18(3)4)17-21(19,20)14-6-5-11(15)8-13(14)16/h5-6,8,10,12,17H,7,9H2,1-4H3. The van der Waals surface area contributed by atoms with Crippen molar-refractivity contribution in [2.75, 3.05) is 20.6 Å². The monoisotopic (exact) mass is 396 g/mol. The number of rotatable bonds is 7. The molecule has 0 saturated heterocycles. The molecular weight excluding hydrogens is 376 g/mol. The first-order chi connectivity index (χ1) is 9.61. The summed E-state index contributed by atoms with van der Waals surface area (Å²) in [6.07, 6.45) is 0.769. The molecule has 0 spiro atoms. The Morgan fingerprint density at radius 3 is 2.43 bits per heavy atom. The molecule has 0 heterocycles. The van der Waals surface area contributed by atoms with Gasteiger partial charge in [0.15, 0.2) is 0 Å². The van der Waals surface area contributed by atoms with Gasteiger partial charge in [-0.05, 0) is 44.6 Å². The number of hydrogen-bond donors (Lipinski definition) is 1. The Morgan fingerprint density at radius 2 is 1.95 bits per heavy atom. The van der Waals surface area contributed by atoms with Crippen LogP contribution in [0.4, 0.5) is 0 Å². The van der Waals surface area contributed by atoms with Crippen LogP contribution in [0.25, 0.3) is 0 Å². The van der Waals surface area contributed by atoms with Crippen molar-refractivity contribution in [3.05, 3.63) is 27.7 Å². The molecule has 0 aromatic heterocycles. The van der Waals surface area contributed by atoms with Crippen molar-refractivity contribution in [1.29, 1.82) is 0 Å². The van der Waals surface area contributed by atoms with Crippen LogP contribution in [0.5, 0.6) is 0 Å². The number of nitrogens with zero attached hydrogens (tertiary/aromatic N) is 1. The van der Waals surface area contributed by atoms with Gasteiger partial charge in [-0.3, -0.25) is 0 Å². The second-order valence-corrected chi connectivity index (χ2v) is 8.79. The largest absolute Gasteiger partial charge is 0.308 e. The number of benzene rings is 1. The third-order valence-corrected chi connectivity index (χ3v) is 5.34. The summed E-state index contributed by atoms with van der Waals surface area (Å²) in [4.78, 5) is 2.08. The Labute approximate surface area is 141 Å². The van der Waals surface area contributed by atoms with Gasteiger partial charge in [0.1, 0.15) is 4.90 Å². The van der Waals surface area contributed by atoms with E-state index in [1.165, 1.54) is 6.07 Å². The van der Waals surface area contributed by atoms with Gasteiger partial charge in [-0.2, -0.15) is 0 Å². The molecule has 0 radical (unpaired) electrons. The van der Waals surface area contributed by atoms with Gasteiger partial charge in [0.2, 0.25) is 10.0 Å². The molecule has 0 amide bonds. The molecule has 0 aliphatic carbocycles. The summed E-state index contributed by atoms with van der Waals surface area (Å²) >= 11 is 9.32. The molecule has 7 heteroatoms. The summed E-state index contributed by atoms with van der Waals surface area (Å²) in [7, 11) is 0.222. The fraction of sp³-hybridized carbons (Fsp3) is 0.571. The number of likely N-dealkylation sites (N-methyl/N-ethyl adjacent to an activating group) is 1. The lowest BCUT2D eigenvalue weighted by molar-refractivity contribution is 0.329. The van der Waals surface area contributed by atoms with Crippen molar-refractivity contribution >= 4 is 37.6 Å². The first-order valence-corrected chi connectivity index (χ1v) is 9.39. The van der Waals surface area contributed by atoms with Crippen LogP contribution in [0.2, 0.25) is 5.02 Å². The fourth-order valence-electron chi connectivity index (χ4n) is 2.15. The second-order valence-electron chi connectivity index (χ2n) is 5.78. The van der Waals surface area contributed by atoms with Crippen LogP contribution in [0, 0.1) is 5.92 Å². The van der Waals surface area contributed by atoms with Crippen molar-refractivity contribution in [3.8, 4) is 0 Å². The van der Waals surface area contributed by atoms with E-state index in [0.717, 1.165) is 10.9 Å². The van der Waals surface area contributed by atoms with Crippen LogP contribution in [0.3, 0.4) is 0 Å². The molecule has 1 aromatic carbocycles. The molecule has 1 unspecified atom stereocenters. The van der Waals surface area contributed by atoms with E-state index in [1.807, 2.05) is 19.0 Å². The summed E-state index contributed by atoms with van der Waals surface area (Å²) in [5, 5.41) is 0.213. The van der Waals surface area contributed by atoms with Crippen LogP contribution < -0.4 is 4.72 Å². The maximum absolute atomic E-state index is 12.5. The van der Waals surface area contributed by atoms with E-state index in [1.54, 1.807) is 12.1 Å². The maximum Gasteiger partial charge on any atom is 0.242 e.